The predicted octanol–water partition coefficient (Wildman–Crippen LogP) is 6.24. The Morgan fingerprint density at radius 3 is 2.19 bits per heavy atom. The lowest BCUT2D eigenvalue weighted by atomic mass is 9.95. The van der Waals surface area contributed by atoms with Crippen LogP contribution in [-0.2, 0) is 0 Å². The molecule has 31 heavy (non-hydrogen) atoms. The van der Waals surface area contributed by atoms with E-state index in [0.29, 0.717) is 28.2 Å². The molecule has 5 heteroatoms. The van der Waals surface area contributed by atoms with E-state index in [1.54, 1.807) is 20.3 Å². The van der Waals surface area contributed by atoms with E-state index in [0.717, 1.165) is 44.7 Å². The molecule has 0 atom stereocenters. The number of carbonyl (C=O) groups is 1. The van der Waals surface area contributed by atoms with Crippen molar-refractivity contribution in [1.29, 1.82) is 0 Å². The van der Waals surface area contributed by atoms with Gasteiger partial charge in [-0.15, -0.1) is 0 Å². The third-order valence-electron chi connectivity index (χ3n) is 5.66. The molecule has 0 bridgehead atoms. The second-order valence-electron chi connectivity index (χ2n) is 7.20. The molecule has 5 nitrogen and oxygen atoms in total. The smallest absolute Gasteiger partial charge is 0.157 e. The van der Waals surface area contributed by atoms with Gasteiger partial charge in [0.05, 0.1) is 32.3 Å². The Balaban J connectivity index is 2.00. The van der Waals surface area contributed by atoms with Crippen molar-refractivity contribution in [3.63, 3.8) is 0 Å². The summed E-state index contributed by atoms with van der Waals surface area (Å²) in [5.74, 6) is 1.78. The highest BCUT2D eigenvalue weighted by Gasteiger charge is 2.23. The first-order valence-corrected chi connectivity index (χ1v) is 9.82. The number of rotatable bonds is 5. The Hall–Kier alpha value is -3.99. The SMILES string of the molecule is COc1ccc(-c2cc3ccccc3c3c2oc2c(C=O)c(OC)cc(OC)c23)cc1. The third kappa shape index (κ3) is 2.81. The predicted molar refractivity (Wildman–Crippen MR) is 122 cm³/mol. The topological polar surface area (TPSA) is 57.9 Å². The Morgan fingerprint density at radius 2 is 1.52 bits per heavy atom. The quantitative estimate of drug-likeness (QED) is 0.320. The van der Waals surface area contributed by atoms with Crippen molar-refractivity contribution in [3.8, 4) is 28.4 Å². The van der Waals surface area contributed by atoms with Gasteiger partial charge in [0.1, 0.15) is 22.8 Å². The fraction of sp³-hybridized carbons (Fsp3) is 0.115. The number of hydrogen-bond donors (Lipinski definition) is 0. The van der Waals surface area contributed by atoms with Gasteiger partial charge in [-0.1, -0.05) is 36.4 Å². The highest BCUT2D eigenvalue weighted by Crippen LogP contribution is 2.47. The minimum Gasteiger partial charge on any atom is -0.497 e. The maximum Gasteiger partial charge on any atom is 0.157 e. The molecule has 0 radical (unpaired) electrons. The molecule has 0 saturated heterocycles. The lowest BCUT2D eigenvalue weighted by Gasteiger charge is -2.09. The largest absolute Gasteiger partial charge is 0.497 e. The van der Waals surface area contributed by atoms with Crippen molar-refractivity contribution in [2.45, 2.75) is 0 Å². The van der Waals surface area contributed by atoms with Crippen LogP contribution in [0.25, 0.3) is 43.8 Å². The van der Waals surface area contributed by atoms with Gasteiger partial charge in [0, 0.05) is 17.0 Å². The lowest BCUT2D eigenvalue weighted by Crippen LogP contribution is -1.94. The zero-order valence-electron chi connectivity index (χ0n) is 17.4. The molecule has 0 spiro atoms. The highest BCUT2D eigenvalue weighted by atomic mass is 16.5. The minimum absolute atomic E-state index is 0.360. The zero-order valence-corrected chi connectivity index (χ0v) is 17.4. The summed E-state index contributed by atoms with van der Waals surface area (Å²) in [6.45, 7) is 0. The standard InChI is InChI=1S/C26H20O5/c1-28-17-10-8-15(9-11-17)19-12-16-6-4-5-7-18(16)23-24-22(30-3)13-21(29-2)20(14-27)26(24)31-25(19)23/h4-14H,1-3H3. The van der Waals surface area contributed by atoms with Gasteiger partial charge in [0.2, 0.25) is 0 Å². The molecule has 0 N–H and O–H groups in total. The normalized spacial score (nSPS) is 11.2. The molecule has 0 amide bonds. The average Bonchev–Trinajstić information content (AvgIpc) is 3.23. The van der Waals surface area contributed by atoms with E-state index >= 15 is 0 Å². The number of ether oxygens (including phenoxy) is 3. The number of fused-ring (bicyclic) bond motifs is 5. The van der Waals surface area contributed by atoms with Gasteiger partial charge in [-0.05, 0) is 34.5 Å². The molecule has 4 aromatic carbocycles. The molecule has 5 rings (SSSR count). The fourth-order valence-electron chi connectivity index (χ4n) is 4.18. The van der Waals surface area contributed by atoms with E-state index in [2.05, 4.69) is 18.2 Å². The van der Waals surface area contributed by atoms with Crippen LogP contribution in [0.5, 0.6) is 17.2 Å². The molecule has 0 saturated carbocycles. The number of hydrogen-bond acceptors (Lipinski definition) is 5. The van der Waals surface area contributed by atoms with E-state index in [9.17, 15) is 4.79 Å². The maximum atomic E-state index is 12.0. The molecule has 0 unspecified atom stereocenters. The van der Waals surface area contributed by atoms with Crippen molar-refractivity contribution in [2.75, 3.05) is 21.3 Å². The Morgan fingerprint density at radius 1 is 0.774 bits per heavy atom. The molecule has 0 aliphatic heterocycles. The molecular formula is C26H20O5. The van der Waals surface area contributed by atoms with Crippen LogP contribution in [0.1, 0.15) is 10.4 Å². The van der Waals surface area contributed by atoms with Crippen LogP contribution >= 0.6 is 0 Å². The van der Waals surface area contributed by atoms with Gasteiger partial charge in [0.15, 0.2) is 11.9 Å². The number of methoxy groups -OCH3 is 3. The summed E-state index contributed by atoms with van der Waals surface area (Å²) in [6.07, 6.45) is 0.762. The zero-order chi connectivity index (χ0) is 21.5. The van der Waals surface area contributed by atoms with Crippen LogP contribution in [0.4, 0.5) is 0 Å². The summed E-state index contributed by atoms with van der Waals surface area (Å²) in [7, 11) is 4.76. The minimum atomic E-state index is 0.360. The molecule has 1 aromatic heterocycles. The number of benzene rings is 4. The van der Waals surface area contributed by atoms with Gasteiger partial charge in [-0.25, -0.2) is 0 Å². The molecule has 5 aromatic rings. The van der Waals surface area contributed by atoms with Crippen molar-refractivity contribution in [1.82, 2.24) is 0 Å². The van der Waals surface area contributed by atoms with E-state index in [4.69, 9.17) is 18.6 Å². The van der Waals surface area contributed by atoms with E-state index in [-0.39, 0.29) is 0 Å². The van der Waals surface area contributed by atoms with Gasteiger partial charge in [-0.2, -0.15) is 0 Å². The van der Waals surface area contributed by atoms with Crippen LogP contribution in [0.15, 0.2) is 65.1 Å². The van der Waals surface area contributed by atoms with Crippen molar-refractivity contribution in [2.24, 2.45) is 0 Å². The molecular weight excluding hydrogens is 392 g/mol. The average molecular weight is 412 g/mol. The van der Waals surface area contributed by atoms with Crippen LogP contribution in [-0.4, -0.2) is 27.6 Å². The van der Waals surface area contributed by atoms with Crippen molar-refractivity contribution in [3.05, 3.63) is 66.2 Å². The highest BCUT2D eigenvalue weighted by molar-refractivity contribution is 6.25. The van der Waals surface area contributed by atoms with E-state index < -0.39 is 0 Å². The van der Waals surface area contributed by atoms with Crippen LogP contribution in [0.3, 0.4) is 0 Å². The Kier molecular flexibility index (Phi) is 4.51. The number of aldehydes is 1. The molecule has 154 valence electrons. The van der Waals surface area contributed by atoms with Crippen molar-refractivity contribution < 1.29 is 23.4 Å². The van der Waals surface area contributed by atoms with Gasteiger partial charge >= 0.3 is 0 Å². The fourth-order valence-corrected chi connectivity index (χ4v) is 4.18. The molecule has 0 fully saturated rings. The molecule has 1 heterocycles. The van der Waals surface area contributed by atoms with Gasteiger partial charge in [-0.3, -0.25) is 4.79 Å². The number of carbonyl (C=O) groups excluding carboxylic acids is 1. The van der Waals surface area contributed by atoms with E-state index in [1.165, 1.54) is 7.11 Å². The van der Waals surface area contributed by atoms with Gasteiger partial charge in [0.25, 0.3) is 0 Å². The Labute approximate surface area is 178 Å². The van der Waals surface area contributed by atoms with Gasteiger partial charge < -0.3 is 18.6 Å². The second kappa shape index (κ2) is 7.36. The van der Waals surface area contributed by atoms with Crippen LogP contribution < -0.4 is 14.2 Å². The summed E-state index contributed by atoms with van der Waals surface area (Å²) in [6, 6.07) is 19.8. The van der Waals surface area contributed by atoms with Crippen LogP contribution in [0.2, 0.25) is 0 Å². The summed E-state index contributed by atoms with van der Waals surface area (Å²) < 4.78 is 22.8. The van der Waals surface area contributed by atoms with Crippen LogP contribution in [0, 0.1) is 0 Å². The molecule has 0 aliphatic carbocycles. The molecule has 0 aliphatic rings. The van der Waals surface area contributed by atoms with Crippen molar-refractivity contribution >= 4 is 39.0 Å². The monoisotopic (exact) mass is 412 g/mol. The van der Waals surface area contributed by atoms with E-state index in [1.807, 2.05) is 36.4 Å². The first kappa shape index (κ1) is 19.0. The summed E-state index contributed by atoms with van der Waals surface area (Å²) >= 11 is 0. The Bertz CT molecular complexity index is 1440. The summed E-state index contributed by atoms with van der Waals surface area (Å²) in [5.41, 5.74) is 3.40. The third-order valence-corrected chi connectivity index (χ3v) is 5.66. The maximum absolute atomic E-state index is 12.0. The first-order valence-electron chi connectivity index (χ1n) is 9.82. The summed E-state index contributed by atoms with van der Waals surface area (Å²) in [4.78, 5) is 12.0. The summed E-state index contributed by atoms with van der Waals surface area (Å²) in [5, 5.41) is 3.75. The second-order valence-corrected chi connectivity index (χ2v) is 7.20. The number of furan rings is 1. The first-order chi connectivity index (χ1) is 15.2. The lowest BCUT2D eigenvalue weighted by molar-refractivity contribution is 0.112.